The molecule has 2 saturated carbocycles. The van der Waals surface area contributed by atoms with E-state index < -0.39 is 10.0 Å². The van der Waals surface area contributed by atoms with Crippen molar-refractivity contribution in [2.45, 2.75) is 52.6 Å². The third-order valence-corrected chi connectivity index (χ3v) is 10.4. The van der Waals surface area contributed by atoms with Gasteiger partial charge in [0.25, 0.3) is 0 Å². The van der Waals surface area contributed by atoms with Crippen molar-refractivity contribution in [3.8, 4) is 0 Å². The van der Waals surface area contributed by atoms with E-state index >= 15 is 0 Å². The van der Waals surface area contributed by atoms with Crippen molar-refractivity contribution in [3.05, 3.63) is 0 Å². The molecule has 0 radical (unpaired) electrons. The van der Waals surface area contributed by atoms with Crippen molar-refractivity contribution >= 4 is 21.9 Å². The molecule has 0 bridgehead atoms. The number of amides is 2. The van der Waals surface area contributed by atoms with Crippen LogP contribution in [-0.2, 0) is 10.0 Å². The first-order valence-corrected chi connectivity index (χ1v) is 13.7. The maximum absolute atomic E-state index is 12.9. The fraction of sp³-hybridized carbons (Fsp3) is 0.909. The van der Waals surface area contributed by atoms with Gasteiger partial charge in [-0.25, -0.2) is 17.5 Å². The van der Waals surface area contributed by atoms with Gasteiger partial charge in [0, 0.05) is 61.9 Å². The molecule has 1 atom stereocenters. The molecule has 5 fully saturated rings. The zero-order valence-corrected chi connectivity index (χ0v) is 20.2. The molecule has 1 unspecified atom stereocenters. The molecule has 0 aromatic heterocycles. The molecule has 32 heavy (non-hydrogen) atoms. The minimum atomic E-state index is -3.20. The van der Waals surface area contributed by atoms with Gasteiger partial charge in [-0.15, -0.1) is 0 Å². The average Bonchev–Trinajstić information content (AvgIpc) is 3.26. The van der Waals surface area contributed by atoms with Gasteiger partial charge in [0.15, 0.2) is 0 Å². The highest BCUT2D eigenvalue weighted by Crippen LogP contribution is 2.54. The molecule has 4 heterocycles. The van der Waals surface area contributed by atoms with Gasteiger partial charge in [-0.1, -0.05) is 20.8 Å². The van der Waals surface area contributed by atoms with Crippen LogP contribution in [0.5, 0.6) is 0 Å². The first-order chi connectivity index (χ1) is 15.0. The Balaban J connectivity index is 0.922. The molecule has 0 aromatic rings. The van der Waals surface area contributed by atoms with E-state index in [2.05, 4.69) is 15.8 Å². The van der Waals surface area contributed by atoms with Crippen LogP contribution in [0.15, 0.2) is 5.10 Å². The average molecular weight is 465 g/mol. The van der Waals surface area contributed by atoms with Crippen LogP contribution in [0.25, 0.3) is 0 Å². The maximum atomic E-state index is 12.9. The molecule has 9 nitrogen and oxygen atoms in total. The summed E-state index contributed by atoms with van der Waals surface area (Å²) in [6, 6.07) is 0.136. The van der Waals surface area contributed by atoms with Crippen LogP contribution in [0.2, 0.25) is 0 Å². The van der Waals surface area contributed by atoms with E-state index in [4.69, 9.17) is 0 Å². The number of carbonyl (C=O) groups is 1. The molecule has 0 aromatic carbocycles. The van der Waals surface area contributed by atoms with Crippen LogP contribution < -0.4 is 10.7 Å². The van der Waals surface area contributed by atoms with Crippen molar-refractivity contribution < 1.29 is 13.2 Å². The maximum Gasteiger partial charge on any atom is 0.320 e. The lowest BCUT2D eigenvalue weighted by molar-refractivity contribution is -0.108. The third-order valence-electron chi connectivity index (χ3n) is 8.13. The summed E-state index contributed by atoms with van der Waals surface area (Å²) in [4.78, 5) is 16.8. The molecule has 3 saturated heterocycles. The van der Waals surface area contributed by atoms with Crippen molar-refractivity contribution in [2.24, 2.45) is 33.2 Å². The van der Waals surface area contributed by atoms with E-state index in [0.717, 1.165) is 31.8 Å². The van der Waals surface area contributed by atoms with Gasteiger partial charge in [-0.2, -0.15) is 5.10 Å². The Bertz CT molecular complexity index is 941. The number of likely N-dealkylation sites (tertiary alicyclic amines) is 2. The lowest BCUT2D eigenvalue weighted by Gasteiger charge is -2.63. The summed E-state index contributed by atoms with van der Waals surface area (Å²) >= 11 is 0. The topological polar surface area (TPSA) is 97.4 Å². The summed E-state index contributed by atoms with van der Waals surface area (Å²) in [7, 11) is -3.20. The number of sulfonamides is 1. The normalized spacial score (nSPS) is 31.2. The minimum Gasteiger partial charge on any atom is -0.351 e. The Hall–Kier alpha value is -1.55. The molecule has 2 spiro atoms. The summed E-state index contributed by atoms with van der Waals surface area (Å²) in [5.74, 6) is 2.57. The van der Waals surface area contributed by atoms with E-state index in [1.807, 2.05) is 30.6 Å². The summed E-state index contributed by atoms with van der Waals surface area (Å²) in [6.07, 6.45) is 5.09. The lowest BCUT2D eigenvalue weighted by Crippen LogP contribution is -2.76. The Morgan fingerprint density at radius 2 is 1.62 bits per heavy atom. The van der Waals surface area contributed by atoms with Crippen molar-refractivity contribution in [2.75, 3.05) is 45.0 Å². The fourth-order valence-electron chi connectivity index (χ4n) is 6.43. The third kappa shape index (κ3) is 3.48. The number of hydrazone groups is 1. The lowest BCUT2D eigenvalue weighted by atomic mass is 9.57. The molecular formula is C22H36N6O3S. The number of urea groups is 1. The van der Waals surface area contributed by atoms with Crippen LogP contribution in [0.3, 0.4) is 0 Å². The number of carbonyl (C=O) groups excluding carboxylic acids is 1. The number of hydrogen-bond donors (Lipinski definition) is 2. The molecule has 6 aliphatic rings. The number of hydrogen-bond acceptors (Lipinski definition) is 6. The number of nitrogens with zero attached hydrogens (tertiary/aromatic N) is 4. The van der Waals surface area contributed by atoms with Gasteiger partial charge in [0.05, 0.1) is 5.75 Å². The molecule has 2 N–H and O–H groups in total. The Labute approximate surface area is 191 Å². The van der Waals surface area contributed by atoms with E-state index in [9.17, 15) is 13.2 Å². The molecule has 178 valence electrons. The van der Waals surface area contributed by atoms with E-state index in [1.54, 1.807) is 4.31 Å². The van der Waals surface area contributed by atoms with Crippen molar-refractivity contribution in [1.29, 1.82) is 0 Å². The highest BCUT2D eigenvalue weighted by molar-refractivity contribution is 7.89. The van der Waals surface area contributed by atoms with Crippen LogP contribution in [-0.4, -0.2) is 85.6 Å². The number of nitrogens with one attached hydrogen (secondary N) is 2. The molecule has 2 aliphatic carbocycles. The highest BCUT2D eigenvalue weighted by Gasteiger charge is 2.60. The molecule has 10 heteroatoms. The largest absolute Gasteiger partial charge is 0.351 e. The van der Waals surface area contributed by atoms with E-state index in [0.29, 0.717) is 43.4 Å². The zero-order chi connectivity index (χ0) is 22.5. The Morgan fingerprint density at radius 3 is 2.19 bits per heavy atom. The van der Waals surface area contributed by atoms with Crippen LogP contribution in [0.4, 0.5) is 4.79 Å². The van der Waals surface area contributed by atoms with Crippen molar-refractivity contribution in [1.82, 2.24) is 24.8 Å². The molecule has 4 aliphatic heterocycles. The van der Waals surface area contributed by atoms with Gasteiger partial charge >= 0.3 is 6.03 Å². The second-order valence-electron chi connectivity index (χ2n) is 12.8. The standard InChI is InChI=1S/C22H36N6O3S/c1-20(2,3)14-32(30,31)28-12-22(13-28)10-27(11-22)19(29)26-8-21(9-26)6-16(7-21)18-23-17(24-25-18)15-4-5-15/h15-16,18,25H,4-14H2,1-3H3,(H,23,24). The van der Waals surface area contributed by atoms with Gasteiger partial charge in [0.2, 0.25) is 10.0 Å². The van der Waals surface area contributed by atoms with Crippen LogP contribution in [0, 0.1) is 28.1 Å². The highest BCUT2D eigenvalue weighted by atomic mass is 32.2. The number of amidine groups is 1. The second-order valence-corrected chi connectivity index (χ2v) is 14.7. The van der Waals surface area contributed by atoms with Gasteiger partial charge in [-0.3, -0.25) is 5.43 Å². The van der Waals surface area contributed by atoms with Crippen LogP contribution in [0.1, 0.15) is 46.5 Å². The SMILES string of the molecule is CC(C)(C)CS(=O)(=O)N1CC2(CN(C(=O)N3CC4(CC(C5NN=C(C6CC6)N5)C4)C3)C2)C1. The molecular weight excluding hydrogens is 428 g/mol. The van der Waals surface area contributed by atoms with Crippen molar-refractivity contribution in [3.63, 3.8) is 0 Å². The summed E-state index contributed by atoms with van der Waals surface area (Å²) < 4.78 is 26.7. The first kappa shape index (κ1) is 21.0. The summed E-state index contributed by atoms with van der Waals surface area (Å²) in [6.45, 7) is 10.1. The molecule has 6 rings (SSSR count). The quantitative estimate of drug-likeness (QED) is 0.648. The second kappa shape index (κ2) is 6.52. The van der Waals surface area contributed by atoms with E-state index in [1.165, 1.54) is 12.8 Å². The van der Waals surface area contributed by atoms with Crippen LogP contribution >= 0.6 is 0 Å². The minimum absolute atomic E-state index is 0.0101. The van der Waals surface area contributed by atoms with Gasteiger partial charge < -0.3 is 15.1 Å². The monoisotopic (exact) mass is 464 g/mol. The first-order valence-electron chi connectivity index (χ1n) is 12.1. The predicted molar refractivity (Wildman–Crippen MR) is 121 cm³/mol. The molecule has 2 amide bonds. The summed E-state index contributed by atoms with van der Waals surface area (Å²) in [5, 5.41) is 8.03. The van der Waals surface area contributed by atoms with E-state index in [-0.39, 0.29) is 28.8 Å². The predicted octanol–water partition coefficient (Wildman–Crippen LogP) is 1.05. The van der Waals surface area contributed by atoms with Gasteiger partial charge in [-0.05, 0) is 31.1 Å². The summed E-state index contributed by atoms with van der Waals surface area (Å²) in [5.41, 5.74) is 3.33. The Morgan fingerprint density at radius 1 is 1.03 bits per heavy atom. The Kier molecular flexibility index (Phi) is 4.28. The van der Waals surface area contributed by atoms with Gasteiger partial charge in [0.1, 0.15) is 12.0 Å². The number of rotatable bonds is 4. The smallest absolute Gasteiger partial charge is 0.320 e. The fourth-order valence-corrected chi connectivity index (χ4v) is 8.65. The zero-order valence-electron chi connectivity index (χ0n) is 19.4.